The molecule has 2 amide bonds. The van der Waals surface area contributed by atoms with Crippen molar-refractivity contribution in [3.8, 4) is 0 Å². The highest BCUT2D eigenvalue weighted by molar-refractivity contribution is 5.97. The fraction of sp³-hybridized carbons (Fsp3) is 0.333. The first kappa shape index (κ1) is 22.8. The lowest BCUT2D eigenvalue weighted by Crippen LogP contribution is -2.46. The third kappa shape index (κ3) is 5.51. The Labute approximate surface area is 194 Å². The molecule has 0 radical (unpaired) electrons. The molecular weight excluding hydrogens is 417 g/mol. The number of aromatic nitrogens is 1. The van der Waals surface area contributed by atoms with Gasteiger partial charge in [0.2, 0.25) is 5.91 Å². The van der Waals surface area contributed by atoms with E-state index < -0.39 is 11.7 Å². The maximum Gasteiger partial charge on any atom is 0.257 e. The average Bonchev–Trinajstić information content (AvgIpc) is 3.56. The maximum absolute atomic E-state index is 14.2. The predicted octanol–water partition coefficient (Wildman–Crippen LogP) is 4.72. The Hall–Kier alpha value is -3.41. The molecule has 6 heteroatoms. The van der Waals surface area contributed by atoms with Gasteiger partial charge in [-0.25, -0.2) is 4.39 Å². The van der Waals surface area contributed by atoms with Crippen molar-refractivity contribution >= 4 is 11.8 Å². The number of carbonyl (C=O) groups is 2. The second-order valence-electron chi connectivity index (χ2n) is 8.87. The van der Waals surface area contributed by atoms with E-state index >= 15 is 0 Å². The molecule has 0 bridgehead atoms. The van der Waals surface area contributed by atoms with Gasteiger partial charge in [-0.1, -0.05) is 42.5 Å². The van der Waals surface area contributed by atoms with E-state index in [1.807, 2.05) is 50.4 Å². The Morgan fingerprint density at radius 3 is 2.36 bits per heavy atom. The molecule has 5 nitrogen and oxygen atoms in total. The molecule has 1 aliphatic carbocycles. The number of nitrogens with zero attached hydrogens (tertiary/aromatic N) is 3. The standard InChI is InChI=1S/C27H30FN3O2/c1-20(2)30(18-23-11-8-16-29(23)17-21-9-4-3-5-10-21)26(32)19-31(22-14-15-22)27(33)24-12-6-7-13-25(24)28/h3-13,16,20,22H,14-15,17-19H2,1-2H3. The van der Waals surface area contributed by atoms with Crippen molar-refractivity contribution < 1.29 is 14.0 Å². The smallest absolute Gasteiger partial charge is 0.257 e. The summed E-state index contributed by atoms with van der Waals surface area (Å²) in [5.41, 5.74) is 2.23. The zero-order chi connectivity index (χ0) is 23.4. The Kier molecular flexibility index (Phi) is 6.92. The zero-order valence-electron chi connectivity index (χ0n) is 19.2. The Bertz CT molecular complexity index is 1110. The van der Waals surface area contributed by atoms with Crippen LogP contribution in [0.1, 0.15) is 48.3 Å². The molecule has 0 unspecified atom stereocenters. The molecule has 0 spiro atoms. The monoisotopic (exact) mass is 447 g/mol. The molecule has 0 atom stereocenters. The van der Waals surface area contributed by atoms with Crippen LogP contribution >= 0.6 is 0 Å². The summed E-state index contributed by atoms with van der Waals surface area (Å²) in [4.78, 5) is 29.8. The highest BCUT2D eigenvalue weighted by atomic mass is 19.1. The van der Waals surface area contributed by atoms with Gasteiger partial charge < -0.3 is 14.4 Å². The van der Waals surface area contributed by atoms with Gasteiger partial charge in [-0.15, -0.1) is 0 Å². The van der Waals surface area contributed by atoms with E-state index in [0.717, 1.165) is 25.1 Å². The van der Waals surface area contributed by atoms with E-state index in [1.54, 1.807) is 21.9 Å². The molecule has 1 heterocycles. The van der Waals surface area contributed by atoms with E-state index in [1.165, 1.54) is 17.7 Å². The fourth-order valence-electron chi connectivity index (χ4n) is 4.04. The van der Waals surface area contributed by atoms with Crippen LogP contribution in [0.25, 0.3) is 0 Å². The molecule has 1 aliphatic rings. The molecule has 1 saturated carbocycles. The molecule has 1 aromatic heterocycles. The molecule has 0 aliphatic heterocycles. The number of rotatable bonds is 9. The molecule has 3 aromatic rings. The second kappa shape index (κ2) is 10.0. The van der Waals surface area contributed by atoms with Crippen molar-refractivity contribution in [2.75, 3.05) is 6.54 Å². The Morgan fingerprint density at radius 1 is 1.00 bits per heavy atom. The first-order valence-corrected chi connectivity index (χ1v) is 11.5. The van der Waals surface area contributed by atoms with Crippen LogP contribution in [0, 0.1) is 5.82 Å². The maximum atomic E-state index is 14.2. The van der Waals surface area contributed by atoms with E-state index in [4.69, 9.17) is 0 Å². The van der Waals surface area contributed by atoms with Crippen molar-refractivity contribution in [2.24, 2.45) is 0 Å². The van der Waals surface area contributed by atoms with Crippen molar-refractivity contribution in [2.45, 2.75) is 51.9 Å². The van der Waals surface area contributed by atoms with E-state index in [0.29, 0.717) is 6.54 Å². The van der Waals surface area contributed by atoms with Gasteiger partial charge in [0, 0.05) is 30.5 Å². The van der Waals surface area contributed by atoms with Crippen LogP contribution < -0.4 is 0 Å². The van der Waals surface area contributed by atoms with Crippen LogP contribution in [0.4, 0.5) is 4.39 Å². The molecule has 2 aromatic carbocycles. The van der Waals surface area contributed by atoms with Crippen molar-refractivity contribution in [3.05, 3.63) is 95.6 Å². The molecule has 172 valence electrons. The van der Waals surface area contributed by atoms with Gasteiger partial charge in [0.15, 0.2) is 0 Å². The van der Waals surface area contributed by atoms with Crippen molar-refractivity contribution in [1.29, 1.82) is 0 Å². The lowest BCUT2D eigenvalue weighted by Gasteiger charge is -2.31. The first-order chi connectivity index (χ1) is 15.9. The quantitative estimate of drug-likeness (QED) is 0.477. The third-order valence-electron chi connectivity index (χ3n) is 6.05. The van der Waals surface area contributed by atoms with Crippen LogP contribution in [0.2, 0.25) is 0 Å². The third-order valence-corrected chi connectivity index (χ3v) is 6.05. The average molecular weight is 448 g/mol. The van der Waals surface area contributed by atoms with Gasteiger partial charge >= 0.3 is 0 Å². The molecular formula is C27H30FN3O2. The molecule has 1 fully saturated rings. The zero-order valence-corrected chi connectivity index (χ0v) is 19.2. The largest absolute Gasteiger partial charge is 0.345 e. The molecule has 4 rings (SSSR count). The summed E-state index contributed by atoms with van der Waals surface area (Å²) in [6, 6.07) is 20.1. The second-order valence-corrected chi connectivity index (χ2v) is 8.87. The van der Waals surface area contributed by atoms with Crippen LogP contribution in [-0.2, 0) is 17.9 Å². The Balaban J connectivity index is 1.49. The fourth-order valence-corrected chi connectivity index (χ4v) is 4.04. The minimum atomic E-state index is -0.556. The van der Waals surface area contributed by atoms with E-state index in [9.17, 15) is 14.0 Å². The van der Waals surface area contributed by atoms with Gasteiger partial charge in [-0.2, -0.15) is 0 Å². The lowest BCUT2D eigenvalue weighted by molar-refractivity contribution is -0.134. The highest BCUT2D eigenvalue weighted by Gasteiger charge is 2.36. The van der Waals surface area contributed by atoms with Crippen molar-refractivity contribution in [3.63, 3.8) is 0 Å². The van der Waals surface area contributed by atoms with Crippen molar-refractivity contribution in [1.82, 2.24) is 14.4 Å². The van der Waals surface area contributed by atoms with Gasteiger partial charge in [0.05, 0.1) is 12.1 Å². The molecule has 0 N–H and O–H groups in total. The predicted molar refractivity (Wildman–Crippen MR) is 126 cm³/mol. The molecule has 33 heavy (non-hydrogen) atoms. The first-order valence-electron chi connectivity index (χ1n) is 11.5. The number of benzene rings is 2. The lowest BCUT2D eigenvalue weighted by atomic mass is 10.1. The summed E-state index contributed by atoms with van der Waals surface area (Å²) in [6.45, 7) is 5.08. The number of amides is 2. The van der Waals surface area contributed by atoms with Crippen LogP contribution in [0.15, 0.2) is 72.9 Å². The normalized spacial score (nSPS) is 13.2. The number of halogens is 1. The number of carbonyl (C=O) groups excluding carboxylic acids is 2. The van der Waals surface area contributed by atoms with Crippen LogP contribution in [0.3, 0.4) is 0 Å². The highest BCUT2D eigenvalue weighted by Crippen LogP contribution is 2.29. The summed E-state index contributed by atoms with van der Waals surface area (Å²) in [7, 11) is 0. The van der Waals surface area contributed by atoms with Gasteiger partial charge in [-0.3, -0.25) is 9.59 Å². The minimum absolute atomic E-state index is 0.00277. The summed E-state index contributed by atoms with van der Waals surface area (Å²) < 4.78 is 16.4. The van der Waals surface area contributed by atoms with Gasteiger partial charge in [0.1, 0.15) is 12.4 Å². The summed E-state index contributed by atoms with van der Waals surface area (Å²) in [5.74, 6) is -1.10. The van der Waals surface area contributed by atoms with Gasteiger partial charge in [-0.05, 0) is 56.5 Å². The topological polar surface area (TPSA) is 45.6 Å². The molecule has 0 saturated heterocycles. The van der Waals surface area contributed by atoms with E-state index in [2.05, 4.69) is 16.7 Å². The van der Waals surface area contributed by atoms with E-state index in [-0.39, 0.29) is 30.1 Å². The Morgan fingerprint density at radius 2 is 1.70 bits per heavy atom. The van der Waals surface area contributed by atoms with Crippen LogP contribution in [-0.4, -0.2) is 44.8 Å². The van der Waals surface area contributed by atoms with Crippen LogP contribution in [0.5, 0.6) is 0 Å². The SMILES string of the molecule is CC(C)N(Cc1cccn1Cc1ccccc1)C(=O)CN(C(=O)c1ccccc1F)C1CC1. The summed E-state index contributed by atoms with van der Waals surface area (Å²) in [5, 5.41) is 0. The summed E-state index contributed by atoms with van der Waals surface area (Å²) >= 11 is 0. The summed E-state index contributed by atoms with van der Waals surface area (Å²) in [6.07, 6.45) is 3.70. The number of hydrogen-bond acceptors (Lipinski definition) is 2. The number of hydrogen-bond donors (Lipinski definition) is 0. The van der Waals surface area contributed by atoms with Gasteiger partial charge in [0.25, 0.3) is 5.91 Å². The minimum Gasteiger partial charge on any atom is -0.345 e.